The Morgan fingerprint density at radius 1 is 1.00 bits per heavy atom. The van der Waals surface area contributed by atoms with Crippen molar-refractivity contribution in [2.45, 2.75) is 46.6 Å². The number of para-hydroxylation sites is 1. The Morgan fingerprint density at radius 3 is 2.14 bits per heavy atom. The highest BCUT2D eigenvalue weighted by Crippen LogP contribution is 2.30. The van der Waals surface area contributed by atoms with Gasteiger partial charge in [0.15, 0.2) is 0 Å². The highest BCUT2D eigenvalue weighted by molar-refractivity contribution is 6.23. The summed E-state index contributed by atoms with van der Waals surface area (Å²) >= 11 is 0. The molecule has 0 fully saturated rings. The molecule has 2 aromatic rings. The van der Waals surface area contributed by atoms with E-state index in [1.165, 1.54) is 0 Å². The molecule has 0 saturated carbocycles. The summed E-state index contributed by atoms with van der Waals surface area (Å²) < 4.78 is 0. The van der Waals surface area contributed by atoms with Gasteiger partial charge in [-0.15, -0.1) is 0 Å². The number of nitrogens with zero attached hydrogens (tertiary/aromatic N) is 1. The molecular formula is C23H26N2O3. The number of aryl methyl sites for hydroxylation is 2. The number of nitrogens with one attached hydrogen (secondary N) is 1. The quantitative estimate of drug-likeness (QED) is 0.766. The summed E-state index contributed by atoms with van der Waals surface area (Å²) in [6.07, 6.45) is 1.44. The van der Waals surface area contributed by atoms with Crippen LogP contribution in [0.3, 0.4) is 0 Å². The van der Waals surface area contributed by atoms with E-state index in [-0.39, 0.29) is 11.8 Å². The van der Waals surface area contributed by atoms with Crippen molar-refractivity contribution in [2.24, 2.45) is 5.92 Å². The molecule has 1 heterocycles. The predicted octanol–water partition coefficient (Wildman–Crippen LogP) is 4.21. The number of rotatable bonds is 6. The number of imide groups is 1. The normalized spacial score (nSPS) is 15.4. The summed E-state index contributed by atoms with van der Waals surface area (Å²) in [4.78, 5) is 40.3. The lowest BCUT2D eigenvalue weighted by Crippen LogP contribution is -2.50. The van der Waals surface area contributed by atoms with Crippen LogP contribution in [0.2, 0.25) is 0 Å². The third-order valence-electron chi connectivity index (χ3n) is 5.54. The zero-order valence-corrected chi connectivity index (χ0v) is 16.8. The molecule has 0 aliphatic carbocycles. The summed E-state index contributed by atoms with van der Waals surface area (Å²) in [6, 6.07) is 11.7. The van der Waals surface area contributed by atoms with Crippen LogP contribution < -0.4 is 5.32 Å². The van der Waals surface area contributed by atoms with Crippen LogP contribution in [0.4, 0.5) is 5.69 Å². The monoisotopic (exact) mass is 378 g/mol. The minimum absolute atomic E-state index is 0.170. The van der Waals surface area contributed by atoms with Gasteiger partial charge in [-0.25, -0.2) is 0 Å². The molecule has 5 heteroatoms. The predicted molar refractivity (Wildman–Crippen MR) is 109 cm³/mol. The van der Waals surface area contributed by atoms with Crippen molar-refractivity contribution in [3.8, 4) is 0 Å². The van der Waals surface area contributed by atoms with E-state index in [0.717, 1.165) is 28.1 Å². The number of anilines is 1. The minimum atomic E-state index is -0.860. The van der Waals surface area contributed by atoms with E-state index in [0.29, 0.717) is 17.5 Å². The van der Waals surface area contributed by atoms with E-state index < -0.39 is 17.9 Å². The lowest BCUT2D eigenvalue weighted by Gasteiger charge is -2.30. The number of benzene rings is 2. The van der Waals surface area contributed by atoms with Gasteiger partial charge in [-0.3, -0.25) is 19.3 Å². The Hall–Kier alpha value is -2.95. The van der Waals surface area contributed by atoms with Gasteiger partial charge in [0.05, 0.1) is 11.1 Å². The highest BCUT2D eigenvalue weighted by Gasteiger charge is 2.44. The van der Waals surface area contributed by atoms with Crippen molar-refractivity contribution in [2.75, 3.05) is 5.32 Å². The maximum absolute atomic E-state index is 13.3. The SMILES string of the molecule is CCc1cccc(C)c1NC(=O)[C@H]([C@@H](C)CC)N1C(=O)c2ccccc2C1=O. The standard InChI is InChI=1S/C23H26N2O3/c1-5-14(3)20(21(26)24-19-15(4)10-9-11-16(19)6-2)25-22(27)17-12-7-8-13-18(17)23(25)28/h7-14,20H,5-6H2,1-4H3,(H,24,26)/t14-,20-/m0/s1. The summed E-state index contributed by atoms with van der Waals surface area (Å²) in [6.45, 7) is 7.82. The molecule has 0 unspecified atom stereocenters. The third kappa shape index (κ3) is 3.33. The van der Waals surface area contributed by atoms with E-state index in [1.54, 1.807) is 24.3 Å². The zero-order valence-electron chi connectivity index (χ0n) is 16.8. The summed E-state index contributed by atoms with van der Waals surface area (Å²) in [5.41, 5.74) is 3.47. The molecule has 3 amide bonds. The lowest BCUT2D eigenvalue weighted by atomic mass is 9.96. The Labute approximate surface area is 165 Å². The first-order valence-electron chi connectivity index (χ1n) is 9.76. The van der Waals surface area contributed by atoms with Gasteiger partial charge < -0.3 is 5.32 Å². The topological polar surface area (TPSA) is 66.5 Å². The van der Waals surface area contributed by atoms with Gasteiger partial charge in [0.2, 0.25) is 5.91 Å². The largest absolute Gasteiger partial charge is 0.324 e. The molecule has 1 aliphatic rings. The molecule has 0 radical (unpaired) electrons. The highest BCUT2D eigenvalue weighted by atomic mass is 16.2. The summed E-state index contributed by atoms with van der Waals surface area (Å²) in [5, 5.41) is 3.00. The maximum atomic E-state index is 13.3. The van der Waals surface area contributed by atoms with Gasteiger partial charge in [0.25, 0.3) is 11.8 Å². The first-order chi connectivity index (χ1) is 13.4. The first-order valence-corrected chi connectivity index (χ1v) is 9.76. The average Bonchev–Trinajstić information content (AvgIpc) is 2.95. The molecule has 2 atom stereocenters. The van der Waals surface area contributed by atoms with Crippen molar-refractivity contribution in [3.63, 3.8) is 0 Å². The van der Waals surface area contributed by atoms with E-state index >= 15 is 0 Å². The third-order valence-corrected chi connectivity index (χ3v) is 5.54. The van der Waals surface area contributed by atoms with E-state index in [1.807, 2.05) is 45.9 Å². The van der Waals surface area contributed by atoms with Crippen LogP contribution in [0.15, 0.2) is 42.5 Å². The lowest BCUT2D eigenvalue weighted by molar-refractivity contribution is -0.121. The van der Waals surface area contributed by atoms with E-state index in [2.05, 4.69) is 5.32 Å². The van der Waals surface area contributed by atoms with Crippen LogP contribution in [0, 0.1) is 12.8 Å². The van der Waals surface area contributed by atoms with Gasteiger partial charge in [-0.05, 0) is 42.5 Å². The molecule has 5 nitrogen and oxygen atoms in total. The van der Waals surface area contributed by atoms with Crippen LogP contribution in [0.5, 0.6) is 0 Å². The number of fused-ring (bicyclic) bond motifs is 1. The van der Waals surface area contributed by atoms with Gasteiger partial charge in [0, 0.05) is 5.69 Å². The van der Waals surface area contributed by atoms with Crippen LogP contribution in [-0.2, 0) is 11.2 Å². The molecule has 0 saturated heterocycles. The molecule has 2 aromatic carbocycles. The van der Waals surface area contributed by atoms with Crippen molar-refractivity contribution >= 4 is 23.4 Å². The minimum Gasteiger partial charge on any atom is -0.324 e. The molecule has 1 N–H and O–H groups in total. The summed E-state index contributed by atoms with van der Waals surface area (Å²) in [5.74, 6) is -1.30. The van der Waals surface area contributed by atoms with Crippen LogP contribution >= 0.6 is 0 Å². The fourth-order valence-electron chi connectivity index (χ4n) is 3.71. The van der Waals surface area contributed by atoms with Gasteiger partial charge >= 0.3 is 0 Å². The van der Waals surface area contributed by atoms with Gasteiger partial charge in [-0.2, -0.15) is 0 Å². The average molecular weight is 378 g/mol. The molecule has 0 spiro atoms. The molecule has 1 aliphatic heterocycles. The Bertz CT molecular complexity index is 900. The van der Waals surface area contributed by atoms with Crippen LogP contribution in [0.1, 0.15) is 59.0 Å². The second-order valence-corrected chi connectivity index (χ2v) is 7.31. The zero-order chi connectivity index (χ0) is 20.4. The second-order valence-electron chi connectivity index (χ2n) is 7.31. The number of carbonyl (C=O) groups is 3. The van der Waals surface area contributed by atoms with Crippen molar-refractivity contribution in [3.05, 3.63) is 64.7 Å². The second kappa shape index (κ2) is 7.97. The fraction of sp³-hybridized carbons (Fsp3) is 0.348. The molecule has 0 bridgehead atoms. The maximum Gasteiger partial charge on any atom is 0.262 e. The van der Waals surface area contributed by atoms with Crippen molar-refractivity contribution in [1.82, 2.24) is 4.90 Å². The van der Waals surface area contributed by atoms with E-state index in [4.69, 9.17) is 0 Å². The van der Waals surface area contributed by atoms with Crippen molar-refractivity contribution in [1.29, 1.82) is 0 Å². The Balaban J connectivity index is 1.98. The molecule has 28 heavy (non-hydrogen) atoms. The Kier molecular flexibility index (Phi) is 5.63. The smallest absolute Gasteiger partial charge is 0.262 e. The van der Waals surface area contributed by atoms with Gasteiger partial charge in [-0.1, -0.05) is 57.5 Å². The number of carbonyl (C=O) groups excluding carboxylic acids is 3. The number of hydrogen-bond donors (Lipinski definition) is 1. The fourth-order valence-corrected chi connectivity index (χ4v) is 3.71. The van der Waals surface area contributed by atoms with Crippen LogP contribution in [-0.4, -0.2) is 28.7 Å². The van der Waals surface area contributed by atoms with Gasteiger partial charge in [0.1, 0.15) is 6.04 Å². The van der Waals surface area contributed by atoms with Crippen LogP contribution in [0.25, 0.3) is 0 Å². The summed E-state index contributed by atoms with van der Waals surface area (Å²) in [7, 11) is 0. The molecule has 146 valence electrons. The first kappa shape index (κ1) is 19.8. The Morgan fingerprint density at radius 2 is 1.61 bits per heavy atom. The number of amides is 3. The molecular weight excluding hydrogens is 352 g/mol. The van der Waals surface area contributed by atoms with Crippen molar-refractivity contribution < 1.29 is 14.4 Å². The van der Waals surface area contributed by atoms with E-state index in [9.17, 15) is 14.4 Å². The number of hydrogen-bond acceptors (Lipinski definition) is 3. The molecule has 3 rings (SSSR count). The molecule has 0 aromatic heterocycles.